The fourth-order valence-corrected chi connectivity index (χ4v) is 1.24. The molecule has 0 aliphatic heterocycles. The molecule has 0 saturated heterocycles. The molecule has 0 aliphatic rings. The van der Waals surface area contributed by atoms with Crippen molar-refractivity contribution in [3.8, 4) is 0 Å². The zero-order valence-corrected chi connectivity index (χ0v) is 9.53. The highest BCUT2D eigenvalue weighted by Crippen LogP contribution is 2.16. The first kappa shape index (κ1) is 12.5. The molecule has 0 aromatic heterocycles. The summed E-state index contributed by atoms with van der Waals surface area (Å²) in [6.45, 7) is 1.83. The lowest BCUT2D eigenvalue weighted by atomic mass is 10.2. The Hall–Kier alpha value is -1.61. The third-order valence-electron chi connectivity index (χ3n) is 1.80. The lowest BCUT2D eigenvalue weighted by Crippen LogP contribution is -2.14. The van der Waals surface area contributed by atoms with Crippen molar-refractivity contribution in [2.24, 2.45) is 0 Å². The molecule has 0 aliphatic carbocycles. The molecule has 0 amide bonds. The van der Waals surface area contributed by atoms with Gasteiger partial charge in [0.15, 0.2) is 0 Å². The number of hydrogen-bond donors (Lipinski definition) is 0. The van der Waals surface area contributed by atoms with Gasteiger partial charge in [-0.1, -0.05) is 29.8 Å². The van der Waals surface area contributed by atoms with E-state index in [1.165, 1.54) is 6.08 Å². The molecule has 4 heteroatoms. The average Bonchev–Trinajstić information content (AvgIpc) is 2.28. The summed E-state index contributed by atoms with van der Waals surface area (Å²) in [5.74, 6) is -1.55. The van der Waals surface area contributed by atoms with Crippen LogP contribution in [0.1, 0.15) is 12.5 Å². The van der Waals surface area contributed by atoms with Gasteiger partial charge in [-0.3, -0.25) is 4.79 Å². The predicted molar refractivity (Wildman–Crippen MR) is 62.1 cm³/mol. The zero-order valence-electron chi connectivity index (χ0n) is 8.77. The van der Waals surface area contributed by atoms with Gasteiger partial charge >= 0.3 is 5.97 Å². The van der Waals surface area contributed by atoms with E-state index in [0.29, 0.717) is 10.6 Å². The predicted octanol–water partition coefficient (Wildman–Crippen LogP) is 2.49. The Balaban J connectivity index is 2.71. The molecule has 1 aromatic rings. The van der Waals surface area contributed by atoms with Gasteiger partial charge in [0, 0.05) is 5.02 Å². The van der Waals surface area contributed by atoms with Gasteiger partial charge in [-0.2, -0.15) is 0 Å². The first-order chi connectivity index (χ1) is 7.65. The second-order valence-electron chi connectivity index (χ2n) is 2.94. The van der Waals surface area contributed by atoms with Crippen LogP contribution in [0.4, 0.5) is 0 Å². The summed E-state index contributed by atoms with van der Waals surface area (Å²) >= 11 is 5.87. The summed E-state index contributed by atoms with van der Waals surface area (Å²) in [6, 6.07) is 7.03. The topological polar surface area (TPSA) is 43.4 Å². The van der Waals surface area contributed by atoms with Crippen LogP contribution in [0.25, 0.3) is 6.08 Å². The second kappa shape index (κ2) is 6.08. The Kier molecular flexibility index (Phi) is 4.73. The van der Waals surface area contributed by atoms with Gasteiger partial charge in [-0.05, 0) is 30.7 Å². The highest BCUT2D eigenvalue weighted by molar-refractivity contribution is 6.39. The van der Waals surface area contributed by atoms with Gasteiger partial charge in [-0.25, -0.2) is 4.79 Å². The lowest BCUT2D eigenvalue weighted by Gasteiger charge is -1.97. The molecule has 0 bridgehead atoms. The minimum Gasteiger partial charge on any atom is -0.460 e. The molecule has 84 valence electrons. The van der Waals surface area contributed by atoms with Crippen LogP contribution < -0.4 is 0 Å². The van der Waals surface area contributed by atoms with Crippen molar-refractivity contribution in [2.75, 3.05) is 6.61 Å². The number of esters is 1. The van der Waals surface area contributed by atoms with Gasteiger partial charge in [0.05, 0.1) is 6.61 Å². The second-order valence-corrected chi connectivity index (χ2v) is 3.35. The molecule has 0 unspecified atom stereocenters. The lowest BCUT2D eigenvalue weighted by molar-refractivity contribution is -0.151. The van der Waals surface area contributed by atoms with Crippen LogP contribution in [0.2, 0.25) is 5.02 Å². The normalized spacial score (nSPS) is 10.4. The van der Waals surface area contributed by atoms with Crippen LogP contribution in [0.15, 0.2) is 30.3 Å². The molecular formula is C12H11ClO3. The number of halogens is 1. The molecule has 1 aromatic carbocycles. The van der Waals surface area contributed by atoms with E-state index in [1.54, 1.807) is 31.2 Å². The molecule has 0 saturated carbocycles. The highest BCUT2D eigenvalue weighted by atomic mass is 35.5. The van der Waals surface area contributed by atoms with Crippen LogP contribution in [0, 0.1) is 0 Å². The van der Waals surface area contributed by atoms with Gasteiger partial charge in [0.2, 0.25) is 0 Å². The number of ether oxygens (including phenoxy) is 1. The van der Waals surface area contributed by atoms with Gasteiger partial charge in [0.1, 0.15) is 0 Å². The minimum absolute atomic E-state index is 0.185. The number of ketones is 1. The Morgan fingerprint density at radius 2 is 2.06 bits per heavy atom. The van der Waals surface area contributed by atoms with Crippen molar-refractivity contribution in [3.63, 3.8) is 0 Å². The smallest absolute Gasteiger partial charge is 0.379 e. The molecule has 0 fully saturated rings. The van der Waals surface area contributed by atoms with E-state index in [-0.39, 0.29) is 6.61 Å². The van der Waals surface area contributed by atoms with E-state index in [2.05, 4.69) is 4.74 Å². The number of benzene rings is 1. The summed E-state index contributed by atoms with van der Waals surface area (Å²) in [5.41, 5.74) is 0.682. The maximum atomic E-state index is 11.2. The monoisotopic (exact) mass is 238 g/mol. The van der Waals surface area contributed by atoms with Crippen molar-refractivity contribution >= 4 is 29.4 Å². The van der Waals surface area contributed by atoms with Crippen molar-refractivity contribution in [2.45, 2.75) is 6.92 Å². The number of carbonyl (C=O) groups excluding carboxylic acids is 2. The molecule has 0 atom stereocenters. The molecular weight excluding hydrogens is 228 g/mol. The van der Waals surface area contributed by atoms with E-state index in [4.69, 9.17) is 11.6 Å². The average molecular weight is 239 g/mol. The molecule has 16 heavy (non-hydrogen) atoms. The third-order valence-corrected chi connectivity index (χ3v) is 2.14. The molecule has 0 spiro atoms. The van der Waals surface area contributed by atoms with Crippen molar-refractivity contribution in [1.29, 1.82) is 0 Å². The number of rotatable bonds is 4. The van der Waals surface area contributed by atoms with E-state index in [1.807, 2.05) is 0 Å². The Morgan fingerprint density at radius 3 is 2.69 bits per heavy atom. The maximum absolute atomic E-state index is 11.2. The fourth-order valence-electron chi connectivity index (χ4n) is 1.05. The molecule has 0 radical (unpaired) electrons. The summed E-state index contributed by atoms with van der Waals surface area (Å²) in [7, 11) is 0. The van der Waals surface area contributed by atoms with Crippen LogP contribution in [-0.2, 0) is 14.3 Å². The largest absolute Gasteiger partial charge is 0.460 e. The van der Waals surface area contributed by atoms with Crippen LogP contribution >= 0.6 is 11.6 Å². The van der Waals surface area contributed by atoms with Crippen LogP contribution in [0.3, 0.4) is 0 Å². The Bertz CT molecular complexity index is 424. The van der Waals surface area contributed by atoms with Crippen molar-refractivity contribution in [1.82, 2.24) is 0 Å². The highest BCUT2D eigenvalue weighted by Gasteiger charge is 2.10. The quantitative estimate of drug-likeness (QED) is 0.460. The van der Waals surface area contributed by atoms with Gasteiger partial charge < -0.3 is 4.74 Å². The third kappa shape index (κ3) is 3.51. The summed E-state index contributed by atoms with van der Waals surface area (Å²) in [6.07, 6.45) is 2.64. The summed E-state index contributed by atoms with van der Waals surface area (Å²) in [5, 5.41) is 0.524. The van der Waals surface area contributed by atoms with Gasteiger partial charge in [-0.15, -0.1) is 0 Å². The first-order valence-corrected chi connectivity index (χ1v) is 5.16. The van der Waals surface area contributed by atoms with Crippen molar-refractivity contribution in [3.05, 3.63) is 40.9 Å². The van der Waals surface area contributed by atoms with Crippen molar-refractivity contribution < 1.29 is 14.3 Å². The van der Waals surface area contributed by atoms with E-state index in [9.17, 15) is 9.59 Å². The minimum atomic E-state index is -0.856. The summed E-state index contributed by atoms with van der Waals surface area (Å²) < 4.78 is 4.55. The van der Waals surface area contributed by atoms with E-state index >= 15 is 0 Å². The zero-order chi connectivity index (χ0) is 12.0. The van der Waals surface area contributed by atoms with E-state index < -0.39 is 11.8 Å². The summed E-state index contributed by atoms with van der Waals surface area (Å²) in [4.78, 5) is 22.2. The SMILES string of the molecule is CCOC(=O)C(=O)/C=C/c1ccccc1Cl. The Morgan fingerprint density at radius 1 is 1.38 bits per heavy atom. The first-order valence-electron chi connectivity index (χ1n) is 4.79. The number of carbonyl (C=O) groups is 2. The van der Waals surface area contributed by atoms with Gasteiger partial charge in [0.25, 0.3) is 5.78 Å². The van der Waals surface area contributed by atoms with Crippen LogP contribution in [0.5, 0.6) is 0 Å². The molecule has 1 rings (SSSR count). The van der Waals surface area contributed by atoms with Crippen LogP contribution in [-0.4, -0.2) is 18.4 Å². The maximum Gasteiger partial charge on any atom is 0.379 e. The number of hydrogen-bond acceptors (Lipinski definition) is 3. The standard InChI is InChI=1S/C12H11ClO3/c1-2-16-12(15)11(14)8-7-9-5-3-4-6-10(9)13/h3-8H,2H2,1H3/b8-7+. The molecule has 3 nitrogen and oxygen atoms in total. The molecule has 0 N–H and O–H groups in total. The molecule has 0 heterocycles. The van der Waals surface area contributed by atoms with E-state index in [0.717, 1.165) is 6.08 Å². The Labute approximate surface area is 98.7 Å². The fraction of sp³-hybridized carbons (Fsp3) is 0.167.